The van der Waals surface area contributed by atoms with Crippen molar-refractivity contribution in [1.29, 1.82) is 0 Å². The molecule has 0 unspecified atom stereocenters. The molecule has 0 heterocycles. The van der Waals surface area contributed by atoms with E-state index >= 15 is 0 Å². The van der Waals surface area contributed by atoms with Crippen LogP contribution in [-0.4, -0.2) is 32.3 Å². The molecule has 0 bridgehead atoms. The van der Waals surface area contributed by atoms with Crippen molar-refractivity contribution in [3.63, 3.8) is 0 Å². The Morgan fingerprint density at radius 2 is 1.79 bits per heavy atom. The summed E-state index contributed by atoms with van der Waals surface area (Å²) in [7, 11) is 4.21. The zero-order valence-corrected chi connectivity index (χ0v) is 13.5. The first-order valence-electron chi connectivity index (χ1n) is 7.01. The predicted molar refractivity (Wildman–Crippen MR) is 85.0 cm³/mol. The SMILES string of the molecule is COc1ccc(C/[N+]([O-])=C\c2ccc(F)c(F)c2OC)c(OC)c1. The number of rotatable bonds is 6. The average molecular weight is 337 g/mol. The van der Waals surface area contributed by atoms with Gasteiger partial charge in [-0.25, -0.2) is 9.13 Å². The Morgan fingerprint density at radius 1 is 1.04 bits per heavy atom. The van der Waals surface area contributed by atoms with E-state index in [9.17, 15) is 14.0 Å². The standard InChI is InChI=1S/C17H17F2NO4/c1-22-13-6-4-11(15(8-13)23-2)9-20(21)10-12-5-7-14(18)16(19)17(12)24-3/h4-8,10H,9H2,1-3H3/b20-10+. The molecular formula is C17H17F2NO4. The van der Waals surface area contributed by atoms with E-state index in [1.54, 1.807) is 18.2 Å². The summed E-state index contributed by atoms with van der Waals surface area (Å²) in [6.07, 6.45) is 1.13. The van der Waals surface area contributed by atoms with Crippen molar-refractivity contribution in [1.82, 2.24) is 0 Å². The van der Waals surface area contributed by atoms with E-state index in [1.165, 1.54) is 27.4 Å². The van der Waals surface area contributed by atoms with E-state index in [1.807, 2.05) is 0 Å². The van der Waals surface area contributed by atoms with E-state index < -0.39 is 11.6 Å². The number of methoxy groups -OCH3 is 3. The van der Waals surface area contributed by atoms with Crippen LogP contribution in [0.3, 0.4) is 0 Å². The molecule has 0 aliphatic carbocycles. The molecule has 0 aliphatic rings. The van der Waals surface area contributed by atoms with Gasteiger partial charge < -0.3 is 19.4 Å². The van der Waals surface area contributed by atoms with Gasteiger partial charge in [0.2, 0.25) is 5.82 Å². The molecule has 2 aromatic carbocycles. The van der Waals surface area contributed by atoms with Gasteiger partial charge in [0, 0.05) is 6.07 Å². The zero-order chi connectivity index (χ0) is 17.7. The van der Waals surface area contributed by atoms with Gasteiger partial charge in [-0.2, -0.15) is 4.39 Å². The lowest BCUT2D eigenvalue weighted by atomic mass is 10.1. The quantitative estimate of drug-likeness (QED) is 0.352. The summed E-state index contributed by atoms with van der Waals surface area (Å²) in [5.74, 6) is -1.42. The summed E-state index contributed by atoms with van der Waals surface area (Å²) < 4.78 is 42.6. The molecule has 0 saturated carbocycles. The van der Waals surface area contributed by atoms with Gasteiger partial charge in [-0.3, -0.25) is 0 Å². The molecule has 5 nitrogen and oxygen atoms in total. The molecule has 0 radical (unpaired) electrons. The van der Waals surface area contributed by atoms with Crippen LogP contribution in [0.2, 0.25) is 0 Å². The number of hydroxylamine groups is 1. The highest BCUT2D eigenvalue weighted by Crippen LogP contribution is 2.26. The maximum atomic E-state index is 13.7. The van der Waals surface area contributed by atoms with Crippen LogP contribution in [0, 0.1) is 16.8 Å². The molecule has 2 rings (SSSR count). The summed E-state index contributed by atoms with van der Waals surface area (Å²) in [6, 6.07) is 7.25. The van der Waals surface area contributed by atoms with Crippen LogP contribution in [-0.2, 0) is 6.54 Å². The first kappa shape index (κ1) is 17.5. The van der Waals surface area contributed by atoms with Gasteiger partial charge in [-0.05, 0) is 24.3 Å². The van der Waals surface area contributed by atoms with Crippen LogP contribution < -0.4 is 14.2 Å². The van der Waals surface area contributed by atoms with Crippen LogP contribution in [0.1, 0.15) is 11.1 Å². The normalized spacial score (nSPS) is 11.3. The lowest BCUT2D eigenvalue weighted by Gasteiger charge is -2.11. The molecule has 0 atom stereocenters. The van der Waals surface area contributed by atoms with Crippen molar-refractivity contribution in [2.45, 2.75) is 6.54 Å². The molecule has 0 fully saturated rings. The van der Waals surface area contributed by atoms with E-state index in [2.05, 4.69) is 0 Å². The number of ether oxygens (including phenoxy) is 3. The van der Waals surface area contributed by atoms with Gasteiger partial charge >= 0.3 is 0 Å². The lowest BCUT2D eigenvalue weighted by Crippen LogP contribution is -2.09. The minimum absolute atomic E-state index is 0.0463. The summed E-state index contributed by atoms with van der Waals surface area (Å²) >= 11 is 0. The molecule has 0 N–H and O–H groups in total. The highest BCUT2D eigenvalue weighted by molar-refractivity contribution is 5.80. The van der Waals surface area contributed by atoms with Gasteiger partial charge in [0.25, 0.3) is 0 Å². The maximum absolute atomic E-state index is 13.7. The fourth-order valence-electron chi connectivity index (χ4n) is 2.21. The minimum atomic E-state index is -1.14. The first-order valence-corrected chi connectivity index (χ1v) is 7.01. The Balaban J connectivity index is 2.32. The van der Waals surface area contributed by atoms with Crippen molar-refractivity contribution in [3.8, 4) is 17.2 Å². The monoisotopic (exact) mass is 337 g/mol. The molecule has 0 aliphatic heterocycles. The van der Waals surface area contributed by atoms with Crippen LogP contribution in [0.15, 0.2) is 30.3 Å². The summed E-state index contributed by atoms with van der Waals surface area (Å²) in [6.45, 7) is -0.0463. The molecule has 0 saturated heterocycles. The number of hydrogen-bond donors (Lipinski definition) is 0. The van der Waals surface area contributed by atoms with Crippen LogP contribution in [0.5, 0.6) is 17.2 Å². The van der Waals surface area contributed by atoms with Crippen molar-refractivity contribution < 1.29 is 27.7 Å². The molecule has 128 valence electrons. The maximum Gasteiger partial charge on any atom is 0.201 e. The third-order valence-corrected chi connectivity index (χ3v) is 3.39. The largest absolute Gasteiger partial charge is 0.624 e. The molecule has 24 heavy (non-hydrogen) atoms. The third-order valence-electron chi connectivity index (χ3n) is 3.39. The van der Waals surface area contributed by atoms with E-state index in [0.717, 1.165) is 12.3 Å². The zero-order valence-electron chi connectivity index (χ0n) is 13.5. The first-order chi connectivity index (χ1) is 11.5. The second-order valence-corrected chi connectivity index (χ2v) is 4.87. The summed E-state index contributed by atoms with van der Waals surface area (Å²) in [5, 5.41) is 12.2. The van der Waals surface area contributed by atoms with Crippen molar-refractivity contribution >= 4 is 6.21 Å². The Kier molecular flexibility index (Phi) is 5.57. The van der Waals surface area contributed by atoms with E-state index in [0.29, 0.717) is 21.8 Å². The number of nitrogens with zero attached hydrogens (tertiary/aromatic N) is 1. The van der Waals surface area contributed by atoms with Gasteiger partial charge in [0.15, 0.2) is 24.3 Å². The van der Waals surface area contributed by atoms with E-state index in [4.69, 9.17) is 14.2 Å². The van der Waals surface area contributed by atoms with Crippen LogP contribution in [0.25, 0.3) is 0 Å². The average Bonchev–Trinajstić information content (AvgIpc) is 2.58. The minimum Gasteiger partial charge on any atom is -0.624 e. The highest BCUT2D eigenvalue weighted by Gasteiger charge is 2.16. The Labute approximate surface area is 138 Å². The lowest BCUT2D eigenvalue weighted by molar-refractivity contribution is -0.469. The van der Waals surface area contributed by atoms with Crippen molar-refractivity contribution in [3.05, 3.63) is 58.3 Å². The second kappa shape index (κ2) is 7.63. The smallest absolute Gasteiger partial charge is 0.201 e. The van der Waals surface area contributed by atoms with Gasteiger partial charge in [0.1, 0.15) is 11.5 Å². The van der Waals surface area contributed by atoms with Gasteiger partial charge in [0.05, 0.1) is 32.5 Å². The fraction of sp³-hybridized carbons (Fsp3) is 0.235. The molecule has 7 heteroatoms. The highest BCUT2D eigenvalue weighted by atomic mass is 19.2. The van der Waals surface area contributed by atoms with E-state index in [-0.39, 0.29) is 17.9 Å². The Bertz CT molecular complexity index is 762. The third kappa shape index (κ3) is 3.73. The molecule has 0 amide bonds. The summed E-state index contributed by atoms with van der Waals surface area (Å²) in [4.78, 5) is 0. The molecule has 2 aromatic rings. The number of hydrogen-bond acceptors (Lipinski definition) is 4. The number of halogens is 2. The topological polar surface area (TPSA) is 53.8 Å². The van der Waals surface area contributed by atoms with Crippen LogP contribution >= 0.6 is 0 Å². The van der Waals surface area contributed by atoms with Crippen molar-refractivity contribution in [2.24, 2.45) is 0 Å². The van der Waals surface area contributed by atoms with Crippen molar-refractivity contribution in [2.75, 3.05) is 21.3 Å². The van der Waals surface area contributed by atoms with Crippen LogP contribution in [0.4, 0.5) is 8.78 Å². The van der Waals surface area contributed by atoms with Gasteiger partial charge in [-0.1, -0.05) is 0 Å². The fourth-order valence-corrected chi connectivity index (χ4v) is 2.21. The second-order valence-electron chi connectivity index (χ2n) is 4.87. The Morgan fingerprint density at radius 3 is 2.42 bits per heavy atom. The Hall–Kier alpha value is -2.83. The van der Waals surface area contributed by atoms with Gasteiger partial charge in [-0.15, -0.1) is 0 Å². The predicted octanol–water partition coefficient (Wildman–Crippen LogP) is 3.12. The number of benzene rings is 2. The summed E-state index contributed by atoms with van der Waals surface area (Å²) in [5.41, 5.74) is 0.755. The molecule has 0 aromatic heterocycles. The molecule has 0 spiro atoms. The molecular weight excluding hydrogens is 320 g/mol.